The van der Waals surface area contributed by atoms with Crippen molar-refractivity contribution in [1.29, 1.82) is 0 Å². The van der Waals surface area contributed by atoms with Crippen molar-refractivity contribution in [2.24, 2.45) is 0 Å². The van der Waals surface area contributed by atoms with Crippen molar-refractivity contribution in [3.8, 4) is 0 Å². The molecule has 0 atom stereocenters. The van der Waals surface area contributed by atoms with Gasteiger partial charge in [0.2, 0.25) is 11.9 Å². The Bertz CT molecular complexity index is 948. The minimum Gasteiger partial charge on any atom is -0.340 e. The van der Waals surface area contributed by atoms with E-state index in [0.29, 0.717) is 33.2 Å². The van der Waals surface area contributed by atoms with Gasteiger partial charge in [-0.1, -0.05) is 29.3 Å². The van der Waals surface area contributed by atoms with E-state index in [2.05, 4.69) is 25.9 Å². The number of anilines is 5. The van der Waals surface area contributed by atoms with Crippen LogP contribution >= 0.6 is 23.2 Å². The van der Waals surface area contributed by atoms with Gasteiger partial charge >= 0.3 is 0 Å². The molecule has 26 heavy (non-hydrogen) atoms. The van der Waals surface area contributed by atoms with Crippen LogP contribution in [-0.2, 0) is 4.79 Å². The smallest absolute Gasteiger partial charge is 0.229 e. The summed E-state index contributed by atoms with van der Waals surface area (Å²) in [6.07, 6.45) is 1.62. The standard InChI is InChI=1S/C18H15Cl2N5O/c1-11(26)22-13-3-2-4-14(10-13)23-17-7-8-21-18(25-17)24-16-6-5-12(19)9-15(16)20/h2-10H,1H3,(H,22,26)(H2,21,23,24,25). The summed E-state index contributed by atoms with van der Waals surface area (Å²) in [6, 6.07) is 14.2. The number of aromatic nitrogens is 2. The van der Waals surface area contributed by atoms with E-state index in [1.807, 2.05) is 24.3 Å². The third-order valence-corrected chi connectivity index (χ3v) is 3.84. The van der Waals surface area contributed by atoms with Crippen molar-refractivity contribution in [2.75, 3.05) is 16.0 Å². The van der Waals surface area contributed by atoms with Crippen LogP contribution in [0.2, 0.25) is 10.0 Å². The fraction of sp³-hybridized carbons (Fsp3) is 0.0556. The first-order valence-corrected chi connectivity index (χ1v) is 8.45. The minimum absolute atomic E-state index is 0.129. The lowest BCUT2D eigenvalue weighted by molar-refractivity contribution is -0.114. The number of nitrogens with zero attached hydrogens (tertiary/aromatic N) is 2. The summed E-state index contributed by atoms with van der Waals surface area (Å²) >= 11 is 12.1. The van der Waals surface area contributed by atoms with Gasteiger partial charge in [0.1, 0.15) is 5.82 Å². The summed E-state index contributed by atoms with van der Waals surface area (Å²) in [5.41, 5.74) is 2.13. The average Bonchev–Trinajstić information content (AvgIpc) is 2.57. The molecule has 0 bridgehead atoms. The van der Waals surface area contributed by atoms with Gasteiger partial charge in [0, 0.05) is 29.5 Å². The maximum Gasteiger partial charge on any atom is 0.229 e. The predicted octanol–water partition coefficient (Wildman–Crippen LogP) is 5.23. The van der Waals surface area contributed by atoms with Gasteiger partial charge in [-0.2, -0.15) is 4.98 Å². The second kappa shape index (κ2) is 8.03. The highest BCUT2D eigenvalue weighted by atomic mass is 35.5. The molecule has 3 N–H and O–H groups in total. The van der Waals surface area contributed by atoms with E-state index < -0.39 is 0 Å². The topological polar surface area (TPSA) is 78.9 Å². The maximum absolute atomic E-state index is 11.2. The number of carbonyl (C=O) groups excluding carboxylic acids is 1. The lowest BCUT2D eigenvalue weighted by Crippen LogP contribution is -2.06. The lowest BCUT2D eigenvalue weighted by Gasteiger charge is -2.10. The van der Waals surface area contributed by atoms with Crippen LogP contribution in [0.25, 0.3) is 0 Å². The number of hydrogen-bond acceptors (Lipinski definition) is 5. The van der Waals surface area contributed by atoms with E-state index in [1.54, 1.807) is 30.5 Å². The van der Waals surface area contributed by atoms with Crippen LogP contribution in [0.5, 0.6) is 0 Å². The number of benzene rings is 2. The van der Waals surface area contributed by atoms with Gasteiger partial charge in [-0.05, 0) is 42.5 Å². The fourth-order valence-corrected chi connectivity index (χ4v) is 2.68. The summed E-state index contributed by atoms with van der Waals surface area (Å²) in [4.78, 5) is 19.8. The zero-order valence-corrected chi connectivity index (χ0v) is 15.3. The SMILES string of the molecule is CC(=O)Nc1cccc(Nc2ccnc(Nc3ccc(Cl)cc3Cl)n2)c1. The molecule has 1 amide bonds. The zero-order valence-electron chi connectivity index (χ0n) is 13.8. The molecule has 0 saturated heterocycles. The molecule has 3 aromatic rings. The number of hydrogen-bond donors (Lipinski definition) is 3. The average molecular weight is 388 g/mol. The van der Waals surface area contributed by atoms with Gasteiger partial charge in [0.05, 0.1) is 10.7 Å². The Balaban J connectivity index is 1.76. The predicted molar refractivity (Wildman–Crippen MR) is 106 cm³/mol. The molecule has 0 unspecified atom stereocenters. The van der Waals surface area contributed by atoms with Crippen LogP contribution in [0.15, 0.2) is 54.7 Å². The van der Waals surface area contributed by atoms with Crippen molar-refractivity contribution in [1.82, 2.24) is 9.97 Å². The van der Waals surface area contributed by atoms with E-state index in [0.717, 1.165) is 5.69 Å². The Hall–Kier alpha value is -2.83. The van der Waals surface area contributed by atoms with E-state index >= 15 is 0 Å². The molecular formula is C18H15Cl2N5O. The van der Waals surface area contributed by atoms with Crippen molar-refractivity contribution in [3.63, 3.8) is 0 Å². The molecule has 6 nitrogen and oxygen atoms in total. The van der Waals surface area contributed by atoms with Crippen LogP contribution in [0.3, 0.4) is 0 Å². The molecule has 0 fully saturated rings. The number of carbonyl (C=O) groups is 1. The van der Waals surface area contributed by atoms with Crippen LogP contribution in [-0.4, -0.2) is 15.9 Å². The van der Waals surface area contributed by atoms with Gasteiger partial charge in [0.25, 0.3) is 0 Å². The van der Waals surface area contributed by atoms with Gasteiger partial charge in [0.15, 0.2) is 0 Å². The van der Waals surface area contributed by atoms with Crippen molar-refractivity contribution in [3.05, 3.63) is 64.8 Å². The van der Waals surface area contributed by atoms with Gasteiger partial charge in [-0.15, -0.1) is 0 Å². The molecule has 0 spiro atoms. The van der Waals surface area contributed by atoms with Gasteiger partial charge in [-0.3, -0.25) is 4.79 Å². The molecule has 0 aliphatic heterocycles. The first-order chi connectivity index (χ1) is 12.5. The van der Waals surface area contributed by atoms with Crippen LogP contribution in [0, 0.1) is 0 Å². The van der Waals surface area contributed by atoms with E-state index in [9.17, 15) is 4.79 Å². The highest BCUT2D eigenvalue weighted by Crippen LogP contribution is 2.27. The summed E-state index contributed by atoms with van der Waals surface area (Å²) in [6.45, 7) is 1.46. The number of nitrogens with one attached hydrogen (secondary N) is 3. The Morgan fingerprint density at radius 3 is 2.58 bits per heavy atom. The largest absolute Gasteiger partial charge is 0.340 e. The lowest BCUT2D eigenvalue weighted by atomic mass is 10.2. The Labute approximate surface area is 160 Å². The molecule has 132 valence electrons. The summed E-state index contributed by atoms with van der Waals surface area (Å²) < 4.78 is 0. The van der Waals surface area contributed by atoms with Gasteiger partial charge < -0.3 is 16.0 Å². The molecule has 3 rings (SSSR count). The summed E-state index contributed by atoms with van der Waals surface area (Å²) in [7, 11) is 0. The molecule has 8 heteroatoms. The molecule has 0 radical (unpaired) electrons. The number of halogens is 2. The van der Waals surface area contributed by atoms with Crippen molar-refractivity contribution in [2.45, 2.75) is 6.92 Å². The molecule has 1 aromatic heterocycles. The number of rotatable bonds is 5. The second-order valence-corrected chi connectivity index (χ2v) is 6.25. The molecule has 0 aliphatic rings. The third kappa shape index (κ3) is 4.84. The van der Waals surface area contributed by atoms with Crippen molar-refractivity contribution < 1.29 is 4.79 Å². The molecule has 2 aromatic carbocycles. The first kappa shape index (κ1) is 18.0. The minimum atomic E-state index is -0.129. The van der Waals surface area contributed by atoms with Crippen molar-refractivity contribution >= 4 is 57.9 Å². The summed E-state index contributed by atoms with van der Waals surface area (Å²) in [5.74, 6) is 0.848. The maximum atomic E-state index is 11.2. The monoisotopic (exact) mass is 387 g/mol. The Kier molecular flexibility index (Phi) is 5.55. The number of amides is 1. The van der Waals surface area contributed by atoms with E-state index in [1.165, 1.54) is 6.92 Å². The normalized spacial score (nSPS) is 10.3. The summed E-state index contributed by atoms with van der Waals surface area (Å²) in [5, 5.41) is 9.99. The van der Waals surface area contributed by atoms with Crippen LogP contribution < -0.4 is 16.0 Å². The highest BCUT2D eigenvalue weighted by Gasteiger charge is 2.05. The van der Waals surface area contributed by atoms with Crippen LogP contribution in [0.1, 0.15) is 6.92 Å². The quantitative estimate of drug-likeness (QED) is 0.558. The third-order valence-electron chi connectivity index (χ3n) is 3.29. The molecule has 0 aliphatic carbocycles. The zero-order chi connectivity index (χ0) is 18.5. The van der Waals surface area contributed by atoms with E-state index in [-0.39, 0.29) is 5.91 Å². The first-order valence-electron chi connectivity index (χ1n) is 7.69. The fourth-order valence-electron chi connectivity index (χ4n) is 2.23. The second-order valence-electron chi connectivity index (χ2n) is 5.40. The van der Waals surface area contributed by atoms with Gasteiger partial charge in [-0.25, -0.2) is 4.98 Å². The van der Waals surface area contributed by atoms with E-state index in [4.69, 9.17) is 23.2 Å². The highest BCUT2D eigenvalue weighted by molar-refractivity contribution is 6.36. The molecule has 0 saturated carbocycles. The molecular weight excluding hydrogens is 373 g/mol. The Morgan fingerprint density at radius 2 is 1.81 bits per heavy atom. The molecule has 1 heterocycles. The Morgan fingerprint density at radius 1 is 1.00 bits per heavy atom. The van der Waals surface area contributed by atoms with Crippen LogP contribution in [0.4, 0.5) is 28.8 Å².